The second kappa shape index (κ2) is 14.6. The van der Waals surface area contributed by atoms with Crippen LogP contribution in [0.2, 0.25) is 0 Å². The highest BCUT2D eigenvalue weighted by Gasteiger charge is 2.35. The van der Waals surface area contributed by atoms with Crippen molar-refractivity contribution in [1.82, 2.24) is 0 Å². The van der Waals surface area contributed by atoms with Gasteiger partial charge in [0.25, 0.3) is 0 Å². The molecule has 0 spiro atoms. The highest BCUT2D eigenvalue weighted by atomic mass is 19.1. The van der Waals surface area contributed by atoms with Crippen LogP contribution in [0.4, 0.5) is 8.78 Å². The van der Waals surface area contributed by atoms with Gasteiger partial charge in [0, 0.05) is 0 Å². The van der Waals surface area contributed by atoms with Crippen LogP contribution >= 0.6 is 0 Å². The lowest BCUT2D eigenvalue weighted by molar-refractivity contribution is 0.627. The molecule has 0 fully saturated rings. The molecular weight excluding hydrogens is 903 g/mol. The van der Waals surface area contributed by atoms with Gasteiger partial charge >= 0.3 is 0 Å². The van der Waals surface area contributed by atoms with E-state index in [1.165, 1.54) is 131 Å². The third-order valence-electron chi connectivity index (χ3n) is 16.7. The molecule has 0 unspecified atom stereocenters. The molecule has 0 atom stereocenters. The van der Waals surface area contributed by atoms with Gasteiger partial charge in [-0.05, 0) is 224 Å². The molecule has 0 radical (unpaired) electrons. The molecule has 17 rings (SSSR count). The van der Waals surface area contributed by atoms with Crippen LogP contribution in [0.25, 0.3) is 175 Å². The molecule has 0 bridgehead atoms. The maximum absolute atomic E-state index is 14.9. The first kappa shape index (κ1) is 40.1. The third kappa shape index (κ3) is 5.23. The molecular formula is C72H38F2. The van der Waals surface area contributed by atoms with Crippen molar-refractivity contribution < 1.29 is 8.78 Å². The predicted octanol–water partition coefficient (Wildman–Crippen LogP) is 20.6. The molecule has 15 aromatic rings. The number of rotatable bonds is 4. The van der Waals surface area contributed by atoms with Crippen LogP contribution in [0.5, 0.6) is 0 Å². The minimum absolute atomic E-state index is 0.251. The number of hydrogen-bond acceptors (Lipinski definition) is 0. The highest BCUT2D eigenvalue weighted by molar-refractivity contribution is 6.42. The monoisotopic (exact) mass is 940 g/mol. The molecule has 0 aromatic heterocycles. The highest BCUT2D eigenvalue weighted by Crippen LogP contribution is 2.63. The zero-order valence-corrected chi connectivity index (χ0v) is 39.7. The summed E-state index contributed by atoms with van der Waals surface area (Å²) in [5, 5.41) is 19.2. The van der Waals surface area contributed by atoms with Crippen molar-refractivity contribution in [2.75, 3.05) is 0 Å². The Morgan fingerprint density at radius 2 is 0.446 bits per heavy atom. The summed E-state index contributed by atoms with van der Waals surface area (Å²) in [4.78, 5) is 0. The number of benzene rings is 15. The van der Waals surface area contributed by atoms with Crippen LogP contribution in [0.3, 0.4) is 0 Å². The Kier molecular flexibility index (Phi) is 7.90. The van der Waals surface area contributed by atoms with Gasteiger partial charge in [0.2, 0.25) is 0 Å². The summed E-state index contributed by atoms with van der Waals surface area (Å²) in [6.45, 7) is 0. The lowest BCUT2D eigenvalue weighted by Crippen LogP contribution is -1.94. The Morgan fingerprint density at radius 3 is 0.730 bits per heavy atom. The molecule has 2 heteroatoms. The van der Waals surface area contributed by atoms with E-state index in [0.717, 1.165) is 44.2 Å². The van der Waals surface area contributed by atoms with Gasteiger partial charge in [0.15, 0.2) is 0 Å². The van der Waals surface area contributed by atoms with E-state index in [0.29, 0.717) is 0 Å². The van der Waals surface area contributed by atoms with Gasteiger partial charge in [-0.1, -0.05) is 182 Å². The summed E-state index contributed by atoms with van der Waals surface area (Å²) < 4.78 is 29.8. The van der Waals surface area contributed by atoms with Gasteiger partial charge in [-0.3, -0.25) is 0 Å². The maximum atomic E-state index is 14.9. The smallest absolute Gasteiger partial charge is 0.123 e. The molecule has 0 saturated carbocycles. The quantitative estimate of drug-likeness (QED) is 0.122. The van der Waals surface area contributed by atoms with E-state index in [2.05, 4.69) is 182 Å². The third-order valence-corrected chi connectivity index (χ3v) is 16.7. The molecule has 340 valence electrons. The van der Waals surface area contributed by atoms with Gasteiger partial charge in [-0.25, -0.2) is 8.78 Å². The van der Waals surface area contributed by atoms with Crippen LogP contribution in [-0.4, -0.2) is 0 Å². The molecule has 0 saturated heterocycles. The van der Waals surface area contributed by atoms with Crippen molar-refractivity contribution in [3.8, 4) is 89.0 Å². The molecule has 74 heavy (non-hydrogen) atoms. The normalized spacial score (nSPS) is 12.5. The number of fused-ring (bicyclic) bond motifs is 12. The maximum Gasteiger partial charge on any atom is 0.123 e. The van der Waals surface area contributed by atoms with Crippen LogP contribution < -0.4 is 0 Å². The van der Waals surface area contributed by atoms with Gasteiger partial charge in [-0.15, -0.1) is 0 Å². The molecule has 0 nitrogen and oxygen atoms in total. The molecule has 2 aliphatic carbocycles. The molecule has 0 aliphatic heterocycles. The van der Waals surface area contributed by atoms with Gasteiger partial charge in [-0.2, -0.15) is 0 Å². The van der Waals surface area contributed by atoms with E-state index in [4.69, 9.17) is 0 Å². The largest absolute Gasteiger partial charge is 0.207 e. The first-order valence-corrected chi connectivity index (χ1v) is 25.4. The van der Waals surface area contributed by atoms with Crippen LogP contribution in [0.1, 0.15) is 0 Å². The van der Waals surface area contributed by atoms with E-state index >= 15 is 0 Å². The van der Waals surface area contributed by atoms with Crippen molar-refractivity contribution in [3.05, 3.63) is 242 Å². The predicted molar refractivity (Wildman–Crippen MR) is 308 cm³/mol. The van der Waals surface area contributed by atoms with Crippen molar-refractivity contribution in [2.24, 2.45) is 0 Å². The summed E-state index contributed by atoms with van der Waals surface area (Å²) >= 11 is 0. The van der Waals surface area contributed by atoms with Gasteiger partial charge in [0.05, 0.1) is 0 Å². The van der Waals surface area contributed by atoms with Crippen LogP contribution in [0.15, 0.2) is 231 Å². The second-order valence-corrected chi connectivity index (χ2v) is 20.4. The van der Waals surface area contributed by atoms with Crippen LogP contribution in [0, 0.1) is 11.6 Å². The molecule has 0 amide bonds. The first-order valence-electron chi connectivity index (χ1n) is 25.4. The van der Waals surface area contributed by atoms with Crippen molar-refractivity contribution >= 4 is 86.2 Å². The van der Waals surface area contributed by atoms with E-state index in [1.807, 2.05) is 24.3 Å². The van der Waals surface area contributed by atoms with Crippen LogP contribution in [-0.2, 0) is 0 Å². The van der Waals surface area contributed by atoms with Crippen molar-refractivity contribution in [3.63, 3.8) is 0 Å². The second-order valence-electron chi connectivity index (χ2n) is 20.4. The average molecular weight is 941 g/mol. The summed E-state index contributed by atoms with van der Waals surface area (Å²) in [6, 6.07) is 81.6. The fourth-order valence-corrected chi connectivity index (χ4v) is 13.8. The average Bonchev–Trinajstić information content (AvgIpc) is 4.04. The lowest BCUT2D eigenvalue weighted by Gasteiger charge is -2.21. The molecule has 0 heterocycles. The fraction of sp³-hybridized carbons (Fsp3) is 0. The van der Waals surface area contributed by atoms with E-state index in [1.54, 1.807) is 24.3 Å². The minimum atomic E-state index is -0.251. The Morgan fingerprint density at radius 1 is 0.189 bits per heavy atom. The fourth-order valence-electron chi connectivity index (χ4n) is 13.8. The molecule has 2 aliphatic rings. The Bertz CT molecular complexity index is 4640. The minimum Gasteiger partial charge on any atom is -0.207 e. The zero-order valence-electron chi connectivity index (χ0n) is 39.7. The number of halogens is 2. The molecule has 15 aromatic carbocycles. The topological polar surface area (TPSA) is 0 Å². The lowest BCUT2D eigenvalue weighted by atomic mass is 9.82. The van der Waals surface area contributed by atoms with Crippen molar-refractivity contribution in [1.29, 1.82) is 0 Å². The SMILES string of the molecule is Fc1ccc(-c2c3c(c(-c4ccccc4)c4cc5ccccc5cc24)-c2ccc4c5ccc6c7c(ccc(c8ccc-3c2c48)c75)-c2c-6c(-c3ccc(F)cc3)c3cc4ccccc4cc3c2-c2ccccc2)cc1. The Hall–Kier alpha value is -9.50. The van der Waals surface area contributed by atoms with E-state index < -0.39 is 0 Å². The standard InChI is InChI=1S/C72H38F2/c73-47-23-19-41(20-24-47)63-59-37-45-17-9-7-15-43(45)35-57(59)61(39-11-3-1-4-12-39)69-53-31-27-49-52-30-34-56-68-54(32-28-50(66(52)68)51-29-33-55(71(63)69)67(53)65(49)51)70-62(40-13-5-2-6-14-40)58-36-44-16-8-10-18-46(44)38-60(58)64(72(56)70)42-21-25-48(74)26-22-42/h1-38H. The first-order chi connectivity index (χ1) is 36.6. The van der Waals surface area contributed by atoms with Crippen molar-refractivity contribution in [2.45, 2.75) is 0 Å². The zero-order chi connectivity index (χ0) is 48.5. The van der Waals surface area contributed by atoms with E-state index in [-0.39, 0.29) is 11.6 Å². The Labute approximate surface area is 424 Å². The summed E-state index contributed by atoms with van der Waals surface area (Å²) in [5.41, 5.74) is 18.6. The summed E-state index contributed by atoms with van der Waals surface area (Å²) in [5.74, 6) is -0.502. The van der Waals surface area contributed by atoms with Gasteiger partial charge < -0.3 is 0 Å². The molecule has 0 N–H and O–H groups in total. The Balaban J connectivity index is 1.01. The number of hydrogen-bond donors (Lipinski definition) is 0. The van der Waals surface area contributed by atoms with Gasteiger partial charge in [0.1, 0.15) is 11.6 Å². The summed E-state index contributed by atoms with van der Waals surface area (Å²) in [7, 11) is 0. The summed E-state index contributed by atoms with van der Waals surface area (Å²) in [6.07, 6.45) is 0. The van der Waals surface area contributed by atoms with E-state index in [9.17, 15) is 8.78 Å².